The van der Waals surface area contributed by atoms with Gasteiger partial charge in [0.2, 0.25) is 0 Å². The van der Waals surface area contributed by atoms with Gasteiger partial charge in [0, 0.05) is 19.3 Å². The molecule has 3 aromatic rings. The Morgan fingerprint density at radius 1 is 1.06 bits per heavy atom. The van der Waals surface area contributed by atoms with Crippen LogP contribution in [0.25, 0.3) is 10.2 Å². The van der Waals surface area contributed by atoms with Crippen molar-refractivity contribution in [3.8, 4) is 0 Å². The third-order valence-electron chi connectivity index (χ3n) is 4.88. The molecule has 3 rings (SSSR count). The number of hydrogen-bond donors (Lipinski definition) is 0. The summed E-state index contributed by atoms with van der Waals surface area (Å²) in [5.41, 5.74) is 0.779. The Labute approximate surface area is 198 Å². The Hall–Kier alpha value is -1.71. The second kappa shape index (κ2) is 10.7. The van der Waals surface area contributed by atoms with Crippen LogP contribution in [0.5, 0.6) is 0 Å². The highest BCUT2D eigenvalue weighted by molar-refractivity contribution is 7.91. The van der Waals surface area contributed by atoms with Gasteiger partial charge in [-0.3, -0.25) is 9.69 Å². The molecule has 1 heterocycles. The van der Waals surface area contributed by atoms with E-state index >= 15 is 0 Å². The first-order chi connectivity index (χ1) is 14.3. The number of likely N-dealkylation sites (N-methyl/N-ethyl adjacent to an activating group) is 1. The molecule has 2 aromatic carbocycles. The molecule has 0 aliphatic carbocycles. The molecule has 0 spiro atoms. The molecule has 0 saturated heterocycles. The van der Waals surface area contributed by atoms with Crippen LogP contribution < -0.4 is 4.90 Å². The lowest BCUT2D eigenvalue weighted by Crippen LogP contribution is -2.39. The Morgan fingerprint density at radius 2 is 1.74 bits per heavy atom. The third kappa shape index (κ3) is 5.75. The molecule has 1 aromatic heterocycles. The van der Waals surface area contributed by atoms with Crippen molar-refractivity contribution in [3.05, 3.63) is 53.1 Å². The number of carbonyl (C=O) groups is 1. The van der Waals surface area contributed by atoms with E-state index in [9.17, 15) is 13.2 Å². The largest absolute Gasteiger partial charge is 0.302 e. The van der Waals surface area contributed by atoms with Gasteiger partial charge >= 0.3 is 0 Å². The van der Waals surface area contributed by atoms with Crippen molar-refractivity contribution in [3.63, 3.8) is 0 Å². The first kappa shape index (κ1) is 25.5. The molecule has 0 saturated carbocycles. The van der Waals surface area contributed by atoms with Gasteiger partial charge in [0.15, 0.2) is 15.0 Å². The maximum atomic E-state index is 13.4. The molecule has 31 heavy (non-hydrogen) atoms. The maximum absolute atomic E-state index is 13.4. The van der Waals surface area contributed by atoms with Crippen LogP contribution in [0.3, 0.4) is 0 Å². The Kier molecular flexibility index (Phi) is 8.85. The summed E-state index contributed by atoms with van der Waals surface area (Å²) in [5, 5.41) is 0.825. The minimum atomic E-state index is -3.44. The lowest BCUT2D eigenvalue weighted by atomic mass is 10.2. The highest BCUT2D eigenvalue weighted by Gasteiger charge is 2.25. The number of anilines is 1. The van der Waals surface area contributed by atoms with Crippen LogP contribution in [0.1, 0.15) is 24.2 Å². The smallest absolute Gasteiger partial charge is 0.261 e. The molecule has 1 amide bonds. The van der Waals surface area contributed by atoms with E-state index in [2.05, 4.69) is 23.7 Å². The van der Waals surface area contributed by atoms with E-state index in [-0.39, 0.29) is 23.2 Å². The van der Waals surface area contributed by atoms with Gasteiger partial charge in [0.25, 0.3) is 5.91 Å². The monoisotopic (exact) mass is 501 g/mol. The first-order valence-corrected chi connectivity index (χ1v) is 12.7. The van der Waals surface area contributed by atoms with Gasteiger partial charge in [-0.05, 0) is 37.4 Å². The van der Waals surface area contributed by atoms with Gasteiger partial charge in [0.1, 0.15) is 5.52 Å². The Balaban J connectivity index is 0.00000341. The molecule has 168 valence electrons. The van der Waals surface area contributed by atoms with Gasteiger partial charge in [0.05, 0.1) is 20.2 Å². The van der Waals surface area contributed by atoms with Gasteiger partial charge in [-0.25, -0.2) is 13.4 Å². The minimum Gasteiger partial charge on any atom is -0.302 e. The summed E-state index contributed by atoms with van der Waals surface area (Å²) in [6, 6.07) is 11.9. The summed E-state index contributed by atoms with van der Waals surface area (Å²) in [7, 11) is -3.44. The molecule has 0 aliphatic rings. The van der Waals surface area contributed by atoms with E-state index in [0.717, 1.165) is 19.3 Å². The number of hydrogen-bond acceptors (Lipinski definition) is 6. The van der Waals surface area contributed by atoms with Crippen molar-refractivity contribution in [2.24, 2.45) is 0 Å². The van der Waals surface area contributed by atoms with E-state index in [1.54, 1.807) is 35.2 Å². The van der Waals surface area contributed by atoms with Crippen LogP contribution in [0.4, 0.5) is 5.13 Å². The maximum Gasteiger partial charge on any atom is 0.261 e. The fourth-order valence-corrected chi connectivity index (χ4v) is 5.30. The van der Waals surface area contributed by atoms with Gasteiger partial charge in [-0.2, -0.15) is 0 Å². The number of nitrogens with zero attached hydrogens (tertiary/aromatic N) is 3. The zero-order valence-electron chi connectivity index (χ0n) is 17.5. The average molecular weight is 502 g/mol. The molecule has 0 unspecified atom stereocenters. The SMILES string of the molecule is CCN(CC)CCN(C(=O)c1ccccc1Cl)c1nc2c(S(C)(=O)=O)cccc2s1.Cl. The lowest BCUT2D eigenvalue weighted by Gasteiger charge is -2.25. The Bertz CT molecular complexity index is 1160. The second-order valence-corrected chi connectivity index (χ2v) is 10.2. The van der Waals surface area contributed by atoms with Gasteiger partial charge in [-0.1, -0.05) is 55.0 Å². The lowest BCUT2D eigenvalue weighted by molar-refractivity contribution is 0.0984. The molecular weight excluding hydrogens is 477 g/mol. The number of sulfone groups is 1. The van der Waals surface area contributed by atoms with E-state index in [4.69, 9.17) is 11.6 Å². The fraction of sp³-hybridized carbons (Fsp3) is 0.333. The summed E-state index contributed by atoms with van der Waals surface area (Å²) >= 11 is 7.58. The topological polar surface area (TPSA) is 70.6 Å². The first-order valence-electron chi connectivity index (χ1n) is 9.64. The molecule has 10 heteroatoms. The number of fused-ring (bicyclic) bond motifs is 1. The molecule has 0 N–H and O–H groups in total. The molecule has 0 aliphatic heterocycles. The second-order valence-electron chi connectivity index (χ2n) is 6.84. The third-order valence-corrected chi connectivity index (χ3v) is 7.39. The molecule has 0 fully saturated rings. The number of benzene rings is 2. The van der Waals surface area contributed by atoms with Crippen molar-refractivity contribution >= 4 is 66.4 Å². The summed E-state index contributed by atoms with van der Waals surface area (Å²) in [4.78, 5) is 21.9. The summed E-state index contributed by atoms with van der Waals surface area (Å²) in [6.45, 7) is 6.95. The molecule has 0 bridgehead atoms. The molecule has 6 nitrogen and oxygen atoms in total. The molecule has 0 radical (unpaired) electrons. The van der Waals surface area contributed by atoms with Crippen molar-refractivity contribution in [1.82, 2.24) is 9.88 Å². The van der Waals surface area contributed by atoms with E-state index < -0.39 is 9.84 Å². The van der Waals surface area contributed by atoms with Crippen LogP contribution in [0.15, 0.2) is 47.4 Å². The number of aromatic nitrogens is 1. The van der Waals surface area contributed by atoms with E-state index in [1.165, 1.54) is 17.4 Å². The predicted molar refractivity (Wildman–Crippen MR) is 131 cm³/mol. The quantitative estimate of drug-likeness (QED) is 0.444. The summed E-state index contributed by atoms with van der Waals surface area (Å²) in [5.74, 6) is -0.257. The number of thiazole rings is 1. The number of halogens is 2. The average Bonchev–Trinajstić information content (AvgIpc) is 3.14. The standard InChI is InChI=1S/C21H24ClN3O3S2.ClH/c1-4-24(5-2)13-14-25(20(26)15-9-6-7-10-16(15)22)21-23-19-17(29-21)11-8-12-18(19)30(3,27)28;/h6-12H,4-5,13-14H2,1-3H3;1H. The minimum absolute atomic E-state index is 0. The van der Waals surface area contributed by atoms with Crippen LogP contribution in [0, 0.1) is 0 Å². The van der Waals surface area contributed by atoms with Crippen LogP contribution >= 0.6 is 35.3 Å². The molecule has 0 atom stereocenters. The van der Waals surface area contributed by atoms with Crippen molar-refractivity contribution < 1.29 is 13.2 Å². The normalized spacial score (nSPS) is 11.5. The zero-order valence-corrected chi connectivity index (χ0v) is 20.7. The highest BCUT2D eigenvalue weighted by Crippen LogP contribution is 2.33. The van der Waals surface area contributed by atoms with Crippen molar-refractivity contribution in [1.29, 1.82) is 0 Å². The fourth-order valence-electron chi connectivity index (χ4n) is 3.17. The number of carbonyl (C=O) groups excluding carboxylic acids is 1. The van der Waals surface area contributed by atoms with Gasteiger partial charge in [-0.15, -0.1) is 12.4 Å². The van der Waals surface area contributed by atoms with E-state index in [0.29, 0.717) is 39.0 Å². The van der Waals surface area contributed by atoms with Gasteiger partial charge < -0.3 is 4.90 Å². The zero-order chi connectivity index (χ0) is 21.9. The van der Waals surface area contributed by atoms with Crippen molar-refractivity contribution in [2.45, 2.75) is 18.7 Å². The summed E-state index contributed by atoms with van der Waals surface area (Å²) in [6.07, 6.45) is 1.16. The van der Waals surface area contributed by atoms with Crippen LogP contribution in [0.2, 0.25) is 5.02 Å². The van der Waals surface area contributed by atoms with Crippen LogP contribution in [-0.4, -0.2) is 56.6 Å². The van der Waals surface area contributed by atoms with E-state index in [1.807, 2.05) is 6.07 Å². The summed E-state index contributed by atoms with van der Waals surface area (Å²) < 4.78 is 25.1. The number of amides is 1. The number of rotatable bonds is 8. The Morgan fingerprint density at radius 3 is 2.35 bits per heavy atom. The van der Waals surface area contributed by atoms with Crippen molar-refractivity contribution in [2.75, 3.05) is 37.3 Å². The highest BCUT2D eigenvalue weighted by atomic mass is 35.5. The number of para-hydroxylation sites is 1. The van der Waals surface area contributed by atoms with Crippen LogP contribution in [-0.2, 0) is 9.84 Å². The molecular formula is C21H25Cl2N3O3S2. The predicted octanol–water partition coefficient (Wildman–Crippen LogP) is 4.76.